The molecule has 0 unspecified atom stereocenters. The molecule has 0 bridgehead atoms. The first-order chi connectivity index (χ1) is 7.15. The highest BCUT2D eigenvalue weighted by atomic mass is 16.1. The number of Topliss-reactive ketones (excluding diaryl/α,β-unsaturated/α-hetero) is 1. The van der Waals surface area contributed by atoms with Crippen molar-refractivity contribution in [2.24, 2.45) is 0 Å². The Morgan fingerprint density at radius 3 is 2.27 bits per heavy atom. The topological polar surface area (TPSA) is 20.3 Å². The molecule has 1 heterocycles. The molecule has 0 aliphatic carbocycles. The predicted octanol–water partition coefficient (Wildman–Crippen LogP) is 2.19. The molecule has 0 spiro atoms. The second kappa shape index (κ2) is 4.15. The van der Waals surface area contributed by atoms with Gasteiger partial charge in [0, 0.05) is 5.56 Å². The van der Waals surface area contributed by atoms with Gasteiger partial charge in [-0.2, -0.15) is 0 Å². The molecule has 0 amide bonds. The molecular formula is C13H17NO. The van der Waals surface area contributed by atoms with Crippen molar-refractivity contribution in [3.63, 3.8) is 0 Å². The Kier molecular flexibility index (Phi) is 2.87. The Morgan fingerprint density at radius 2 is 1.80 bits per heavy atom. The maximum atomic E-state index is 11.9. The minimum absolute atomic E-state index is 0.251. The fourth-order valence-electron chi connectivity index (χ4n) is 1.97. The average molecular weight is 203 g/mol. The summed E-state index contributed by atoms with van der Waals surface area (Å²) in [5.74, 6) is 0.251. The van der Waals surface area contributed by atoms with Crippen molar-refractivity contribution >= 4 is 5.78 Å². The van der Waals surface area contributed by atoms with Crippen LogP contribution in [0.25, 0.3) is 0 Å². The van der Waals surface area contributed by atoms with Crippen LogP contribution >= 0.6 is 0 Å². The van der Waals surface area contributed by atoms with Crippen molar-refractivity contribution in [1.82, 2.24) is 4.90 Å². The van der Waals surface area contributed by atoms with Crippen LogP contribution in [-0.2, 0) is 0 Å². The Morgan fingerprint density at radius 1 is 1.20 bits per heavy atom. The molecule has 80 valence electrons. The van der Waals surface area contributed by atoms with Crippen LogP contribution in [0.3, 0.4) is 0 Å². The number of carbonyl (C=O) groups excluding carboxylic acids is 1. The van der Waals surface area contributed by atoms with Gasteiger partial charge < -0.3 is 0 Å². The molecule has 1 aromatic rings. The zero-order valence-electron chi connectivity index (χ0n) is 9.42. The van der Waals surface area contributed by atoms with Crippen molar-refractivity contribution in [3.05, 3.63) is 34.9 Å². The third kappa shape index (κ3) is 2.45. The fraction of sp³-hybridized carbons (Fsp3) is 0.462. The second-order valence-corrected chi connectivity index (χ2v) is 4.43. The number of likely N-dealkylation sites (tertiary alicyclic amines) is 1. The van der Waals surface area contributed by atoms with E-state index in [1.165, 1.54) is 17.5 Å². The van der Waals surface area contributed by atoms with Crippen molar-refractivity contribution in [3.8, 4) is 0 Å². The first-order valence-electron chi connectivity index (χ1n) is 5.49. The normalized spacial score (nSPS) is 16.1. The maximum Gasteiger partial charge on any atom is 0.176 e. The highest BCUT2D eigenvalue weighted by Gasteiger charge is 2.18. The quantitative estimate of drug-likeness (QED) is 0.702. The van der Waals surface area contributed by atoms with Crippen LogP contribution in [-0.4, -0.2) is 30.3 Å². The van der Waals surface area contributed by atoms with Gasteiger partial charge in [0.2, 0.25) is 0 Å². The summed E-state index contributed by atoms with van der Waals surface area (Å²) in [7, 11) is 0. The van der Waals surface area contributed by atoms with Crippen LogP contribution in [0, 0.1) is 13.8 Å². The molecule has 1 aliphatic rings. The molecule has 0 saturated carbocycles. The van der Waals surface area contributed by atoms with Gasteiger partial charge in [-0.05, 0) is 45.5 Å². The van der Waals surface area contributed by atoms with E-state index in [2.05, 4.69) is 11.0 Å². The summed E-state index contributed by atoms with van der Waals surface area (Å²) >= 11 is 0. The SMILES string of the molecule is Cc1cc(C)cc(C(=O)CN2CCC2)c1. The van der Waals surface area contributed by atoms with Crippen LogP contribution in [0.15, 0.2) is 18.2 Å². The Hall–Kier alpha value is -1.15. The minimum atomic E-state index is 0.251. The molecule has 2 rings (SSSR count). The van der Waals surface area contributed by atoms with Gasteiger partial charge in [-0.15, -0.1) is 0 Å². The molecule has 1 fully saturated rings. The first-order valence-corrected chi connectivity index (χ1v) is 5.49. The lowest BCUT2D eigenvalue weighted by Gasteiger charge is -2.29. The van der Waals surface area contributed by atoms with Gasteiger partial charge >= 0.3 is 0 Å². The number of hydrogen-bond donors (Lipinski definition) is 0. The van der Waals surface area contributed by atoms with Gasteiger partial charge in [-0.25, -0.2) is 0 Å². The van der Waals surface area contributed by atoms with Crippen molar-refractivity contribution < 1.29 is 4.79 Å². The number of rotatable bonds is 3. The monoisotopic (exact) mass is 203 g/mol. The van der Waals surface area contributed by atoms with E-state index < -0.39 is 0 Å². The van der Waals surface area contributed by atoms with Gasteiger partial charge in [0.1, 0.15) is 0 Å². The Labute approximate surface area is 90.9 Å². The molecular weight excluding hydrogens is 186 g/mol. The summed E-state index contributed by atoms with van der Waals surface area (Å²) in [6.07, 6.45) is 1.24. The molecule has 15 heavy (non-hydrogen) atoms. The third-order valence-corrected chi connectivity index (χ3v) is 2.86. The number of nitrogens with zero attached hydrogens (tertiary/aromatic N) is 1. The van der Waals surface area contributed by atoms with E-state index in [-0.39, 0.29) is 5.78 Å². The molecule has 0 aromatic heterocycles. The van der Waals surface area contributed by atoms with Gasteiger partial charge in [0.15, 0.2) is 5.78 Å². The number of benzene rings is 1. The Balaban J connectivity index is 2.10. The summed E-state index contributed by atoms with van der Waals surface area (Å²) < 4.78 is 0. The highest BCUT2D eigenvalue weighted by Crippen LogP contribution is 2.12. The fourth-order valence-corrected chi connectivity index (χ4v) is 1.97. The summed E-state index contributed by atoms with van der Waals surface area (Å²) in [5.41, 5.74) is 3.20. The van der Waals surface area contributed by atoms with Crippen LogP contribution < -0.4 is 0 Å². The van der Waals surface area contributed by atoms with Crippen LogP contribution in [0.5, 0.6) is 0 Å². The third-order valence-electron chi connectivity index (χ3n) is 2.86. The molecule has 0 N–H and O–H groups in total. The van der Waals surface area contributed by atoms with Crippen LogP contribution in [0.2, 0.25) is 0 Å². The maximum absolute atomic E-state index is 11.9. The van der Waals surface area contributed by atoms with E-state index >= 15 is 0 Å². The zero-order chi connectivity index (χ0) is 10.8. The van der Waals surface area contributed by atoms with Gasteiger partial charge in [0.25, 0.3) is 0 Å². The molecule has 1 aliphatic heterocycles. The minimum Gasteiger partial charge on any atom is -0.296 e. The van der Waals surface area contributed by atoms with Crippen molar-refractivity contribution in [2.75, 3.05) is 19.6 Å². The number of carbonyl (C=O) groups is 1. The molecule has 1 saturated heterocycles. The Bertz CT molecular complexity index is 360. The standard InChI is InChI=1S/C13H17NO/c1-10-6-11(2)8-12(7-10)13(15)9-14-4-3-5-14/h6-8H,3-5,9H2,1-2H3. The van der Waals surface area contributed by atoms with Crippen LogP contribution in [0.1, 0.15) is 27.9 Å². The van der Waals surface area contributed by atoms with E-state index in [0.29, 0.717) is 6.54 Å². The lowest BCUT2D eigenvalue weighted by Crippen LogP contribution is -2.40. The second-order valence-electron chi connectivity index (χ2n) is 4.43. The highest BCUT2D eigenvalue weighted by molar-refractivity contribution is 5.98. The first kappa shape index (κ1) is 10.4. The lowest BCUT2D eigenvalue weighted by atomic mass is 10.0. The zero-order valence-corrected chi connectivity index (χ0v) is 9.42. The number of hydrogen-bond acceptors (Lipinski definition) is 2. The van der Waals surface area contributed by atoms with E-state index in [1.54, 1.807) is 0 Å². The summed E-state index contributed by atoms with van der Waals surface area (Å²) in [5, 5.41) is 0. The van der Waals surface area contributed by atoms with Crippen molar-refractivity contribution in [1.29, 1.82) is 0 Å². The number of aryl methyl sites for hydroxylation is 2. The van der Waals surface area contributed by atoms with E-state index in [4.69, 9.17) is 0 Å². The van der Waals surface area contributed by atoms with Gasteiger partial charge in [-0.1, -0.05) is 17.2 Å². The smallest absolute Gasteiger partial charge is 0.176 e. The van der Waals surface area contributed by atoms with E-state index in [1.807, 2.05) is 26.0 Å². The van der Waals surface area contributed by atoms with Crippen molar-refractivity contribution in [2.45, 2.75) is 20.3 Å². The van der Waals surface area contributed by atoms with Gasteiger partial charge in [0.05, 0.1) is 6.54 Å². The predicted molar refractivity (Wildman–Crippen MR) is 61.3 cm³/mol. The van der Waals surface area contributed by atoms with E-state index in [9.17, 15) is 4.79 Å². The molecule has 2 heteroatoms. The molecule has 0 radical (unpaired) electrons. The molecule has 0 atom stereocenters. The van der Waals surface area contributed by atoms with E-state index in [0.717, 1.165) is 18.7 Å². The number of ketones is 1. The largest absolute Gasteiger partial charge is 0.296 e. The van der Waals surface area contributed by atoms with Gasteiger partial charge in [-0.3, -0.25) is 9.69 Å². The summed E-state index contributed by atoms with van der Waals surface area (Å²) in [6, 6.07) is 6.06. The molecule has 1 aromatic carbocycles. The summed E-state index contributed by atoms with van der Waals surface area (Å²) in [6.45, 7) is 6.82. The lowest BCUT2D eigenvalue weighted by molar-refractivity contribution is 0.0875. The molecule has 2 nitrogen and oxygen atoms in total. The summed E-state index contributed by atoms with van der Waals surface area (Å²) in [4.78, 5) is 14.1. The van der Waals surface area contributed by atoms with Crippen LogP contribution in [0.4, 0.5) is 0 Å². The average Bonchev–Trinajstić information content (AvgIpc) is 2.09.